The highest BCUT2D eigenvalue weighted by Gasteiger charge is 2.48. The molecule has 1 aromatic carbocycles. The molecule has 1 aliphatic rings. The number of nitrogens with one attached hydrogen (secondary N) is 1. The molecule has 6 rings (SSSR count). The second kappa shape index (κ2) is 8.81. The molecule has 9 heteroatoms. The summed E-state index contributed by atoms with van der Waals surface area (Å²) < 4.78 is 6.48. The minimum atomic E-state index is -0.953. The number of hydrogen-bond donors (Lipinski definition) is 1. The van der Waals surface area contributed by atoms with Crippen LogP contribution in [0.1, 0.15) is 22.4 Å². The second-order valence-electron chi connectivity index (χ2n) is 8.55. The number of carbonyl (C=O) groups is 1. The number of benzene rings is 1. The lowest BCUT2D eigenvalue weighted by atomic mass is 9.80. The molecular weight excluding hydrogens is 555 g/mol. The number of aromatic nitrogens is 6. The lowest BCUT2D eigenvalue weighted by Gasteiger charge is -2.26. The van der Waals surface area contributed by atoms with Crippen molar-refractivity contribution in [3.63, 3.8) is 0 Å². The number of halogens is 1. The summed E-state index contributed by atoms with van der Waals surface area (Å²) in [6, 6.07) is 15.5. The largest absolute Gasteiger partial charge is 0.460 e. The highest BCUT2D eigenvalue weighted by molar-refractivity contribution is 14.1. The quantitative estimate of drug-likeness (QED) is 0.191. The van der Waals surface area contributed by atoms with Crippen LogP contribution in [-0.4, -0.2) is 36.1 Å². The van der Waals surface area contributed by atoms with Gasteiger partial charge in [0.25, 0.3) is 0 Å². The number of H-pyrrole nitrogens is 1. The van der Waals surface area contributed by atoms with Gasteiger partial charge in [0, 0.05) is 46.7 Å². The number of esters is 1. The predicted molar refractivity (Wildman–Crippen MR) is 137 cm³/mol. The van der Waals surface area contributed by atoms with Gasteiger partial charge < -0.3 is 4.74 Å². The topological polar surface area (TPSA) is 107 Å². The molecule has 1 N–H and O–H groups in total. The molecule has 0 amide bonds. The minimum Gasteiger partial charge on any atom is -0.460 e. The van der Waals surface area contributed by atoms with E-state index in [1.165, 1.54) is 0 Å². The molecule has 4 heterocycles. The summed E-state index contributed by atoms with van der Waals surface area (Å²) in [6.45, 7) is 0.204. The van der Waals surface area contributed by atoms with Crippen molar-refractivity contribution in [2.75, 3.05) is 0 Å². The molecule has 0 saturated carbocycles. The van der Waals surface area contributed by atoms with Crippen molar-refractivity contribution >= 4 is 39.6 Å². The van der Waals surface area contributed by atoms with Crippen molar-refractivity contribution in [2.45, 2.75) is 24.9 Å². The lowest BCUT2D eigenvalue weighted by Crippen LogP contribution is -2.39. The summed E-state index contributed by atoms with van der Waals surface area (Å²) in [5, 5.41) is 7.84. The van der Waals surface area contributed by atoms with Gasteiger partial charge in [-0.25, -0.2) is 9.97 Å². The zero-order chi connectivity index (χ0) is 23.8. The Balaban J connectivity index is 1.42. The van der Waals surface area contributed by atoms with Gasteiger partial charge in [0.15, 0.2) is 9.48 Å². The summed E-state index contributed by atoms with van der Waals surface area (Å²) in [5.74, 6) is -0.298. The van der Waals surface area contributed by atoms with E-state index >= 15 is 0 Å². The lowest BCUT2D eigenvalue weighted by molar-refractivity contribution is -0.152. The van der Waals surface area contributed by atoms with Gasteiger partial charge in [0.2, 0.25) is 0 Å². The van der Waals surface area contributed by atoms with E-state index in [2.05, 4.69) is 52.7 Å². The molecule has 0 fully saturated rings. The maximum atomic E-state index is 13.8. The smallest absolute Gasteiger partial charge is 0.319 e. The van der Waals surface area contributed by atoms with Crippen LogP contribution in [0.2, 0.25) is 0 Å². The Labute approximate surface area is 214 Å². The van der Waals surface area contributed by atoms with E-state index in [0.29, 0.717) is 28.0 Å². The van der Waals surface area contributed by atoms with Crippen LogP contribution < -0.4 is 0 Å². The maximum Gasteiger partial charge on any atom is 0.319 e. The SMILES string of the molecule is O=C(OCc1ccccc1)C1(c2cc(-c3nc(I)nc4[nH]ncc34)ccn2)Cc2ccncc2C1. The number of nitrogens with zero attached hydrogens (tertiary/aromatic N) is 5. The highest BCUT2D eigenvalue weighted by atomic mass is 127. The summed E-state index contributed by atoms with van der Waals surface area (Å²) >= 11 is 2.09. The van der Waals surface area contributed by atoms with Crippen LogP contribution in [0.3, 0.4) is 0 Å². The van der Waals surface area contributed by atoms with Crippen LogP contribution >= 0.6 is 22.6 Å². The van der Waals surface area contributed by atoms with Gasteiger partial charge in [-0.3, -0.25) is 19.9 Å². The van der Waals surface area contributed by atoms with Crippen molar-refractivity contribution in [3.05, 3.63) is 99.5 Å². The Kier molecular flexibility index (Phi) is 5.48. The zero-order valence-electron chi connectivity index (χ0n) is 18.5. The van der Waals surface area contributed by atoms with Crippen LogP contribution in [0.15, 0.2) is 73.3 Å². The molecule has 0 spiro atoms. The monoisotopic (exact) mass is 574 g/mol. The minimum absolute atomic E-state index is 0.204. The molecule has 35 heavy (non-hydrogen) atoms. The standard InChI is InChI=1S/C26H19IN6O2/c27-25-31-22(20-14-30-33-23(20)32-25)17-7-9-29-21(10-17)26(11-18-6-8-28-13-19(18)12-26)24(34)35-15-16-4-2-1-3-5-16/h1-10,13-14H,11-12,15H2,(H,30,31,32,33). The molecule has 4 aromatic heterocycles. The number of aromatic amines is 1. The first-order valence-corrected chi connectivity index (χ1v) is 12.2. The van der Waals surface area contributed by atoms with Gasteiger partial charge in [-0.05, 0) is 47.7 Å². The molecular formula is C26H19IN6O2. The van der Waals surface area contributed by atoms with Crippen molar-refractivity contribution < 1.29 is 9.53 Å². The van der Waals surface area contributed by atoms with Crippen molar-refractivity contribution in [1.29, 1.82) is 0 Å². The normalized spacial score (nSPS) is 16.8. The molecule has 0 saturated heterocycles. The summed E-state index contributed by atoms with van der Waals surface area (Å²) in [7, 11) is 0. The van der Waals surface area contributed by atoms with Crippen molar-refractivity contribution in [3.8, 4) is 11.3 Å². The zero-order valence-corrected chi connectivity index (χ0v) is 20.6. The van der Waals surface area contributed by atoms with Crippen LogP contribution in [0.5, 0.6) is 0 Å². The van der Waals surface area contributed by atoms with E-state index in [1.54, 1.807) is 18.6 Å². The number of pyridine rings is 2. The Morgan fingerprint density at radius 3 is 2.74 bits per heavy atom. The first-order chi connectivity index (χ1) is 17.1. The van der Waals surface area contributed by atoms with Gasteiger partial charge in [0.05, 0.1) is 23.0 Å². The van der Waals surface area contributed by atoms with E-state index in [-0.39, 0.29) is 12.6 Å². The Hall–Kier alpha value is -3.73. The number of fused-ring (bicyclic) bond motifs is 2. The molecule has 1 unspecified atom stereocenters. The molecule has 1 aliphatic carbocycles. The Morgan fingerprint density at radius 2 is 1.89 bits per heavy atom. The van der Waals surface area contributed by atoms with Gasteiger partial charge in [-0.1, -0.05) is 30.3 Å². The molecule has 172 valence electrons. The molecule has 0 bridgehead atoms. The Morgan fingerprint density at radius 1 is 1.03 bits per heavy atom. The van der Waals surface area contributed by atoms with E-state index in [1.807, 2.05) is 54.7 Å². The van der Waals surface area contributed by atoms with Gasteiger partial charge in [0.1, 0.15) is 12.0 Å². The third-order valence-electron chi connectivity index (χ3n) is 6.40. The fourth-order valence-corrected chi connectivity index (χ4v) is 5.14. The van der Waals surface area contributed by atoms with E-state index < -0.39 is 5.41 Å². The predicted octanol–water partition coefficient (Wildman–Crippen LogP) is 4.19. The first kappa shape index (κ1) is 21.8. The molecule has 5 aromatic rings. The summed E-state index contributed by atoms with van der Waals surface area (Å²) in [4.78, 5) is 31.8. The number of rotatable bonds is 5. The third kappa shape index (κ3) is 3.95. The average molecular weight is 574 g/mol. The average Bonchev–Trinajstić information content (AvgIpc) is 3.53. The summed E-state index contributed by atoms with van der Waals surface area (Å²) in [6.07, 6.45) is 7.99. The van der Waals surface area contributed by atoms with Crippen LogP contribution in [0.25, 0.3) is 22.3 Å². The third-order valence-corrected chi connectivity index (χ3v) is 6.88. The van der Waals surface area contributed by atoms with Crippen LogP contribution in [0.4, 0.5) is 0 Å². The summed E-state index contributed by atoms with van der Waals surface area (Å²) in [5.41, 5.74) is 4.98. The second-order valence-corrected chi connectivity index (χ2v) is 9.51. The van der Waals surface area contributed by atoms with Gasteiger partial charge in [-0.2, -0.15) is 5.10 Å². The molecule has 0 radical (unpaired) electrons. The highest BCUT2D eigenvalue weighted by Crippen LogP contribution is 2.41. The van der Waals surface area contributed by atoms with E-state index in [4.69, 9.17) is 4.74 Å². The fraction of sp³-hybridized carbons (Fsp3) is 0.154. The molecule has 1 atom stereocenters. The molecule has 8 nitrogen and oxygen atoms in total. The first-order valence-electron chi connectivity index (χ1n) is 11.1. The Bertz CT molecular complexity index is 1530. The van der Waals surface area contributed by atoms with Gasteiger partial charge in [-0.15, -0.1) is 0 Å². The number of ether oxygens (including phenoxy) is 1. The van der Waals surface area contributed by atoms with Crippen LogP contribution in [-0.2, 0) is 34.4 Å². The number of carbonyl (C=O) groups excluding carboxylic acids is 1. The van der Waals surface area contributed by atoms with Gasteiger partial charge >= 0.3 is 5.97 Å². The van der Waals surface area contributed by atoms with Crippen LogP contribution in [0, 0.1) is 3.83 Å². The van der Waals surface area contributed by atoms with E-state index in [0.717, 1.165) is 33.3 Å². The molecule has 0 aliphatic heterocycles. The fourth-order valence-electron chi connectivity index (χ4n) is 4.66. The van der Waals surface area contributed by atoms with Crippen molar-refractivity contribution in [2.24, 2.45) is 0 Å². The number of hydrogen-bond acceptors (Lipinski definition) is 7. The van der Waals surface area contributed by atoms with Crippen molar-refractivity contribution in [1.82, 2.24) is 30.1 Å². The maximum absolute atomic E-state index is 13.8. The van der Waals surface area contributed by atoms with E-state index in [9.17, 15) is 4.79 Å².